The molecule has 1 rings (SSSR count). The number of nitrogens with one attached hydrogen (secondary N) is 1. The number of hydrogen-bond donors (Lipinski definition) is 2. The van der Waals surface area contributed by atoms with E-state index >= 15 is 0 Å². The molecule has 1 aromatic heterocycles. The minimum atomic E-state index is 0.460. The average molecular weight is 224 g/mol. The molecular weight excluding hydrogens is 200 g/mol. The largest absolute Gasteiger partial charge is 0.469 e. The Morgan fingerprint density at radius 1 is 1.50 bits per heavy atom. The van der Waals surface area contributed by atoms with Crippen molar-refractivity contribution >= 4 is 0 Å². The van der Waals surface area contributed by atoms with Crippen LogP contribution in [0.3, 0.4) is 0 Å². The van der Waals surface area contributed by atoms with E-state index in [0.29, 0.717) is 12.0 Å². The van der Waals surface area contributed by atoms with Crippen molar-refractivity contribution in [2.45, 2.75) is 39.2 Å². The first kappa shape index (κ1) is 13.3. The topological polar surface area (TPSA) is 51.2 Å². The van der Waals surface area contributed by atoms with Crippen LogP contribution in [-0.2, 0) is 6.42 Å². The van der Waals surface area contributed by atoms with E-state index in [1.807, 2.05) is 12.1 Å². The lowest BCUT2D eigenvalue weighted by atomic mass is 10.0. The summed E-state index contributed by atoms with van der Waals surface area (Å²) in [5.74, 6) is 1.70. The van der Waals surface area contributed by atoms with Gasteiger partial charge in [-0.05, 0) is 44.5 Å². The van der Waals surface area contributed by atoms with E-state index in [1.165, 1.54) is 6.42 Å². The van der Waals surface area contributed by atoms with Crippen molar-refractivity contribution in [2.75, 3.05) is 13.1 Å². The summed E-state index contributed by atoms with van der Waals surface area (Å²) in [7, 11) is 0. The summed E-state index contributed by atoms with van der Waals surface area (Å²) in [5.41, 5.74) is 5.67. The summed E-state index contributed by atoms with van der Waals surface area (Å²) in [5, 5.41) is 3.50. The van der Waals surface area contributed by atoms with Gasteiger partial charge in [-0.1, -0.05) is 13.3 Å². The molecule has 16 heavy (non-hydrogen) atoms. The fourth-order valence-corrected chi connectivity index (χ4v) is 1.83. The number of furan rings is 1. The van der Waals surface area contributed by atoms with Crippen LogP contribution < -0.4 is 11.1 Å². The first-order chi connectivity index (χ1) is 7.76. The highest BCUT2D eigenvalue weighted by atomic mass is 16.3. The molecule has 0 radical (unpaired) electrons. The van der Waals surface area contributed by atoms with E-state index in [-0.39, 0.29) is 0 Å². The van der Waals surface area contributed by atoms with Crippen LogP contribution >= 0.6 is 0 Å². The summed E-state index contributed by atoms with van der Waals surface area (Å²) < 4.78 is 5.31. The lowest BCUT2D eigenvalue weighted by Crippen LogP contribution is -2.30. The van der Waals surface area contributed by atoms with E-state index in [2.05, 4.69) is 19.2 Å². The molecule has 3 heteroatoms. The van der Waals surface area contributed by atoms with Gasteiger partial charge in [-0.25, -0.2) is 0 Å². The second kappa shape index (κ2) is 7.47. The molecule has 3 nitrogen and oxygen atoms in total. The third kappa shape index (κ3) is 4.81. The number of nitrogens with two attached hydrogens (primary N) is 1. The first-order valence-corrected chi connectivity index (χ1v) is 6.22. The molecule has 1 aromatic rings. The van der Waals surface area contributed by atoms with Crippen molar-refractivity contribution in [3.8, 4) is 0 Å². The smallest absolute Gasteiger partial charge is 0.105 e. The fraction of sp³-hybridized carbons (Fsp3) is 0.692. The zero-order valence-corrected chi connectivity index (χ0v) is 10.4. The van der Waals surface area contributed by atoms with Crippen LogP contribution in [0, 0.1) is 5.92 Å². The highest BCUT2D eigenvalue weighted by Crippen LogP contribution is 2.06. The molecule has 92 valence electrons. The summed E-state index contributed by atoms with van der Waals surface area (Å²) >= 11 is 0. The second-order valence-corrected chi connectivity index (χ2v) is 4.44. The van der Waals surface area contributed by atoms with Crippen LogP contribution in [0.25, 0.3) is 0 Å². The fourth-order valence-electron chi connectivity index (χ4n) is 1.83. The molecule has 2 unspecified atom stereocenters. The Kier molecular flexibility index (Phi) is 6.19. The molecule has 3 N–H and O–H groups in total. The molecule has 0 aromatic carbocycles. The van der Waals surface area contributed by atoms with E-state index in [1.54, 1.807) is 6.26 Å². The van der Waals surface area contributed by atoms with E-state index in [9.17, 15) is 0 Å². The first-order valence-electron chi connectivity index (χ1n) is 6.22. The molecule has 0 bridgehead atoms. The Hall–Kier alpha value is -0.800. The van der Waals surface area contributed by atoms with Gasteiger partial charge >= 0.3 is 0 Å². The van der Waals surface area contributed by atoms with Gasteiger partial charge in [-0.3, -0.25) is 0 Å². The molecule has 0 saturated heterocycles. The lowest BCUT2D eigenvalue weighted by molar-refractivity contribution is 0.418. The maximum absolute atomic E-state index is 5.67. The minimum Gasteiger partial charge on any atom is -0.469 e. The van der Waals surface area contributed by atoms with Gasteiger partial charge in [0.15, 0.2) is 0 Å². The van der Waals surface area contributed by atoms with Crippen LogP contribution in [0.1, 0.15) is 32.4 Å². The SMILES string of the molecule is CCC(CN)CCNC(C)Cc1ccco1. The van der Waals surface area contributed by atoms with Gasteiger partial charge in [0.2, 0.25) is 0 Å². The van der Waals surface area contributed by atoms with E-state index in [4.69, 9.17) is 10.2 Å². The van der Waals surface area contributed by atoms with Crippen LogP contribution in [-0.4, -0.2) is 19.1 Å². The van der Waals surface area contributed by atoms with Gasteiger partial charge in [-0.15, -0.1) is 0 Å². The van der Waals surface area contributed by atoms with Crippen molar-refractivity contribution in [3.05, 3.63) is 24.2 Å². The van der Waals surface area contributed by atoms with Crippen LogP contribution in [0.15, 0.2) is 22.8 Å². The maximum atomic E-state index is 5.67. The van der Waals surface area contributed by atoms with Crippen LogP contribution in [0.4, 0.5) is 0 Å². The molecule has 0 amide bonds. The van der Waals surface area contributed by atoms with Crippen molar-refractivity contribution < 1.29 is 4.42 Å². The summed E-state index contributed by atoms with van der Waals surface area (Å²) in [4.78, 5) is 0. The normalized spacial score (nSPS) is 14.9. The lowest BCUT2D eigenvalue weighted by Gasteiger charge is -2.16. The van der Waals surface area contributed by atoms with Gasteiger partial charge in [0.25, 0.3) is 0 Å². The zero-order valence-electron chi connectivity index (χ0n) is 10.4. The van der Waals surface area contributed by atoms with Crippen molar-refractivity contribution in [1.29, 1.82) is 0 Å². The van der Waals surface area contributed by atoms with Crippen LogP contribution in [0.2, 0.25) is 0 Å². The molecule has 0 aliphatic rings. The molecule has 0 aliphatic carbocycles. The van der Waals surface area contributed by atoms with Crippen molar-refractivity contribution in [1.82, 2.24) is 5.32 Å². The molecule has 1 heterocycles. The molecule has 0 saturated carbocycles. The zero-order chi connectivity index (χ0) is 11.8. The number of hydrogen-bond acceptors (Lipinski definition) is 3. The number of rotatable bonds is 8. The summed E-state index contributed by atoms with van der Waals surface area (Å²) in [6, 6.07) is 4.41. The Balaban J connectivity index is 2.13. The standard InChI is InChI=1S/C13H24N2O/c1-3-12(10-14)6-7-15-11(2)9-13-5-4-8-16-13/h4-5,8,11-12,15H,3,6-7,9-10,14H2,1-2H3. The monoisotopic (exact) mass is 224 g/mol. The highest BCUT2D eigenvalue weighted by Gasteiger charge is 2.07. The second-order valence-electron chi connectivity index (χ2n) is 4.44. The van der Waals surface area contributed by atoms with Gasteiger partial charge in [0.1, 0.15) is 5.76 Å². The molecule has 0 spiro atoms. The maximum Gasteiger partial charge on any atom is 0.105 e. The van der Waals surface area contributed by atoms with Gasteiger partial charge in [0, 0.05) is 12.5 Å². The quantitative estimate of drug-likeness (QED) is 0.711. The van der Waals surface area contributed by atoms with E-state index in [0.717, 1.165) is 31.7 Å². The van der Waals surface area contributed by atoms with Crippen molar-refractivity contribution in [2.24, 2.45) is 11.7 Å². The van der Waals surface area contributed by atoms with Crippen molar-refractivity contribution in [3.63, 3.8) is 0 Å². The van der Waals surface area contributed by atoms with Crippen LogP contribution in [0.5, 0.6) is 0 Å². The minimum absolute atomic E-state index is 0.460. The molecule has 2 atom stereocenters. The Labute approximate surface area is 98.4 Å². The highest BCUT2D eigenvalue weighted by molar-refractivity contribution is 4.99. The Bertz CT molecular complexity index is 255. The van der Waals surface area contributed by atoms with Gasteiger partial charge < -0.3 is 15.5 Å². The molecular formula is C13H24N2O. The Morgan fingerprint density at radius 3 is 2.88 bits per heavy atom. The summed E-state index contributed by atoms with van der Waals surface area (Å²) in [6.45, 7) is 6.22. The molecule has 0 aliphatic heterocycles. The molecule has 0 fully saturated rings. The average Bonchev–Trinajstić information content (AvgIpc) is 2.77. The van der Waals surface area contributed by atoms with Gasteiger partial charge in [-0.2, -0.15) is 0 Å². The van der Waals surface area contributed by atoms with E-state index < -0.39 is 0 Å². The predicted molar refractivity (Wildman–Crippen MR) is 67.3 cm³/mol. The third-order valence-corrected chi connectivity index (χ3v) is 3.04. The van der Waals surface area contributed by atoms with Gasteiger partial charge in [0.05, 0.1) is 6.26 Å². The predicted octanol–water partition coefficient (Wildman–Crippen LogP) is 2.18. The summed E-state index contributed by atoms with van der Waals surface area (Å²) in [6.07, 6.45) is 5.01. The third-order valence-electron chi connectivity index (χ3n) is 3.04. The Morgan fingerprint density at radius 2 is 2.31 bits per heavy atom.